The lowest BCUT2D eigenvalue weighted by Crippen LogP contribution is -2.19. The van der Waals surface area contributed by atoms with Gasteiger partial charge in [-0.25, -0.2) is 13.2 Å². The van der Waals surface area contributed by atoms with Crippen molar-refractivity contribution in [3.8, 4) is 0 Å². The number of hydrogen-bond donors (Lipinski definition) is 0. The zero-order valence-corrected chi connectivity index (χ0v) is 10.6. The number of carbonyl (C=O) groups excluding carboxylic acids is 1. The Bertz CT molecular complexity index is 504. The molecule has 16 heavy (non-hydrogen) atoms. The normalized spacial score (nSPS) is 23.2. The van der Waals surface area contributed by atoms with Crippen LogP contribution in [0, 0.1) is 0 Å². The summed E-state index contributed by atoms with van der Waals surface area (Å²) >= 11 is 3.06. The van der Waals surface area contributed by atoms with Crippen molar-refractivity contribution in [2.45, 2.75) is 12.5 Å². The van der Waals surface area contributed by atoms with Crippen LogP contribution in [-0.4, -0.2) is 32.0 Å². The topological polar surface area (TPSA) is 73.6 Å². The zero-order chi connectivity index (χ0) is 11.8. The van der Waals surface area contributed by atoms with Crippen molar-refractivity contribution in [3.63, 3.8) is 0 Å². The molecule has 0 unspecified atom stereocenters. The second kappa shape index (κ2) is 4.21. The Labute approximate surface area is 101 Å². The Morgan fingerprint density at radius 2 is 2.25 bits per heavy atom. The summed E-state index contributed by atoms with van der Waals surface area (Å²) in [4.78, 5) is 11.5. The molecule has 0 N–H and O–H groups in total. The minimum Gasteiger partial charge on any atom is -0.455 e. The smallest absolute Gasteiger partial charge is 0.374 e. The van der Waals surface area contributed by atoms with Gasteiger partial charge >= 0.3 is 5.97 Å². The van der Waals surface area contributed by atoms with E-state index in [-0.39, 0.29) is 17.3 Å². The van der Waals surface area contributed by atoms with Crippen LogP contribution in [0.2, 0.25) is 0 Å². The molecule has 0 spiro atoms. The van der Waals surface area contributed by atoms with Gasteiger partial charge in [0, 0.05) is 0 Å². The van der Waals surface area contributed by atoms with Crippen LogP contribution in [0.15, 0.2) is 21.2 Å². The van der Waals surface area contributed by atoms with Crippen LogP contribution in [0.1, 0.15) is 17.0 Å². The first-order valence-electron chi connectivity index (χ1n) is 4.63. The van der Waals surface area contributed by atoms with Crippen LogP contribution in [0.5, 0.6) is 0 Å². The molecule has 0 saturated carbocycles. The van der Waals surface area contributed by atoms with Crippen LogP contribution in [0.25, 0.3) is 0 Å². The first kappa shape index (κ1) is 11.7. The van der Waals surface area contributed by atoms with Gasteiger partial charge in [-0.15, -0.1) is 0 Å². The van der Waals surface area contributed by atoms with E-state index in [0.29, 0.717) is 11.1 Å². The molecule has 7 heteroatoms. The third-order valence-electron chi connectivity index (χ3n) is 2.24. The second-order valence-electron chi connectivity index (χ2n) is 3.53. The number of carbonyl (C=O) groups is 1. The van der Waals surface area contributed by atoms with Gasteiger partial charge in [-0.1, -0.05) is 0 Å². The van der Waals surface area contributed by atoms with Gasteiger partial charge in [0.15, 0.2) is 14.5 Å². The number of halogens is 1. The van der Waals surface area contributed by atoms with Crippen molar-refractivity contribution in [1.82, 2.24) is 0 Å². The van der Waals surface area contributed by atoms with Crippen LogP contribution < -0.4 is 0 Å². The molecule has 0 aromatic carbocycles. The Kier molecular flexibility index (Phi) is 3.07. The molecule has 2 rings (SSSR count). The van der Waals surface area contributed by atoms with Gasteiger partial charge in [-0.2, -0.15) is 0 Å². The summed E-state index contributed by atoms with van der Waals surface area (Å²) in [6.07, 6.45) is -0.197. The van der Waals surface area contributed by atoms with Gasteiger partial charge in [-0.3, -0.25) is 0 Å². The van der Waals surface area contributed by atoms with Crippen molar-refractivity contribution in [2.75, 3.05) is 11.5 Å². The Morgan fingerprint density at radius 1 is 1.50 bits per heavy atom. The first-order chi connectivity index (χ1) is 7.46. The third-order valence-corrected chi connectivity index (χ3v) is 4.40. The van der Waals surface area contributed by atoms with E-state index in [0.717, 1.165) is 0 Å². The Balaban J connectivity index is 1.99. The molecule has 0 amide bonds. The zero-order valence-electron chi connectivity index (χ0n) is 8.18. The molecule has 5 nitrogen and oxygen atoms in total. The Hall–Kier alpha value is -0.820. The van der Waals surface area contributed by atoms with Gasteiger partial charge in [0.25, 0.3) is 0 Å². The molecule has 2 heterocycles. The largest absolute Gasteiger partial charge is 0.455 e. The van der Waals surface area contributed by atoms with Crippen LogP contribution in [-0.2, 0) is 14.6 Å². The van der Waals surface area contributed by atoms with E-state index in [2.05, 4.69) is 15.9 Å². The summed E-state index contributed by atoms with van der Waals surface area (Å²) in [7, 11) is -3.04. The average Bonchev–Trinajstić information content (AvgIpc) is 2.73. The summed E-state index contributed by atoms with van der Waals surface area (Å²) in [5, 5.41) is 0. The van der Waals surface area contributed by atoms with E-state index < -0.39 is 21.9 Å². The fraction of sp³-hybridized carbons (Fsp3) is 0.444. The van der Waals surface area contributed by atoms with Crippen LogP contribution in [0.4, 0.5) is 0 Å². The molecule has 1 saturated heterocycles. The fourth-order valence-electron chi connectivity index (χ4n) is 1.49. The van der Waals surface area contributed by atoms with Gasteiger partial charge in [0.05, 0.1) is 11.5 Å². The maximum Gasteiger partial charge on any atom is 0.374 e. The standard InChI is InChI=1S/C9H9BrO5S/c10-8-2-1-7(15-8)9(11)14-6-3-4-16(12,13)5-6/h1-2,6H,3-5H2/t6-/m0/s1. The highest BCUT2D eigenvalue weighted by Gasteiger charge is 2.31. The lowest BCUT2D eigenvalue weighted by atomic mass is 10.3. The highest BCUT2D eigenvalue weighted by atomic mass is 79.9. The molecule has 0 radical (unpaired) electrons. The number of furan rings is 1. The molecule has 88 valence electrons. The minimum absolute atomic E-state index is 0.0659. The van der Waals surface area contributed by atoms with Gasteiger partial charge < -0.3 is 9.15 Å². The third kappa shape index (κ3) is 2.65. The van der Waals surface area contributed by atoms with Crippen molar-refractivity contribution in [1.29, 1.82) is 0 Å². The monoisotopic (exact) mass is 308 g/mol. The van der Waals surface area contributed by atoms with Crippen LogP contribution >= 0.6 is 15.9 Å². The number of ether oxygens (including phenoxy) is 1. The van der Waals surface area contributed by atoms with Crippen molar-refractivity contribution < 1.29 is 22.4 Å². The molecule has 1 atom stereocenters. The van der Waals surface area contributed by atoms with Gasteiger partial charge in [0.1, 0.15) is 6.10 Å². The summed E-state index contributed by atoms with van der Waals surface area (Å²) in [5.74, 6) is -0.586. The maximum atomic E-state index is 11.5. The highest BCUT2D eigenvalue weighted by molar-refractivity contribution is 9.10. The minimum atomic E-state index is -3.04. The van der Waals surface area contributed by atoms with Crippen molar-refractivity contribution in [2.24, 2.45) is 0 Å². The lowest BCUT2D eigenvalue weighted by Gasteiger charge is -2.07. The number of rotatable bonds is 2. The predicted molar refractivity (Wildman–Crippen MR) is 58.9 cm³/mol. The summed E-state index contributed by atoms with van der Waals surface area (Å²) in [6.45, 7) is 0. The van der Waals surface area contributed by atoms with Crippen molar-refractivity contribution >= 4 is 31.7 Å². The van der Waals surface area contributed by atoms with Gasteiger partial charge in [-0.05, 0) is 34.5 Å². The SMILES string of the molecule is O=C(O[C@H]1CCS(=O)(=O)C1)c1ccc(Br)o1. The molecule has 1 aromatic rings. The van der Waals surface area contributed by atoms with E-state index in [1.54, 1.807) is 6.07 Å². The predicted octanol–water partition coefficient (Wildman–Crippen LogP) is 1.39. The molecular weight excluding hydrogens is 300 g/mol. The molecule has 1 aliphatic heterocycles. The van der Waals surface area contributed by atoms with E-state index in [1.807, 2.05) is 0 Å². The molecule has 1 aliphatic rings. The number of esters is 1. The average molecular weight is 309 g/mol. The first-order valence-corrected chi connectivity index (χ1v) is 7.24. The Morgan fingerprint density at radius 3 is 2.75 bits per heavy atom. The van der Waals surface area contributed by atoms with E-state index in [1.165, 1.54) is 6.07 Å². The molecule has 1 aromatic heterocycles. The quantitative estimate of drug-likeness (QED) is 0.772. The fourth-order valence-corrected chi connectivity index (χ4v) is 3.38. The van der Waals surface area contributed by atoms with E-state index in [9.17, 15) is 13.2 Å². The number of sulfone groups is 1. The maximum absolute atomic E-state index is 11.5. The summed E-state index contributed by atoms with van der Waals surface area (Å²) in [5.41, 5.74) is 0. The highest BCUT2D eigenvalue weighted by Crippen LogP contribution is 2.19. The number of hydrogen-bond acceptors (Lipinski definition) is 5. The van der Waals surface area contributed by atoms with Crippen molar-refractivity contribution in [3.05, 3.63) is 22.6 Å². The van der Waals surface area contributed by atoms with E-state index in [4.69, 9.17) is 9.15 Å². The molecule has 0 aliphatic carbocycles. The van der Waals surface area contributed by atoms with E-state index >= 15 is 0 Å². The summed E-state index contributed by atoms with van der Waals surface area (Å²) < 4.78 is 32.7. The molecule has 1 fully saturated rings. The van der Waals surface area contributed by atoms with Crippen LogP contribution in [0.3, 0.4) is 0 Å². The van der Waals surface area contributed by atoms with Gasteiger partial charge in [0.2, 0.25) is 5.76 Å². The molecular formula is C9H9BrO5S. The molecule has 0 bridgehead atoms. The second-order valence-corrected chi connectivity index (χ2v) is 6.54. The lowest BCUT2D eigenvalue weighted by molar-refractivity contribution is 0.0318. The summed E-state index contributed by atoms with van der Waals surface area (Å²) in [6, 6.07) is 3.04.